The lowest BCUT2D eigenvalue weighted by atomic mass is 9.83. The summed E-state index contributed by atoms with van der Waals surface area (Å²) in [7, 11) is 2.65. The van der Waals surface area contributed by atoms with Gasteiger partial charge < -0.3 is 28.7 Å². The first-order valence-electron chi connectivity index (χ1n) is 12.5. The number of hydrogen-bond acceptors (Lipinski definition) is 9. The van der Waals surface area contributed by atoms with Crippen LogP contribution in [0.5, 0.6) is 17.2 Å². The molecular formula is C28H30N2O8. The maximum absolute atomic E-state index is 12.8. The van der Waals surface area contributed by atoms with Gasteiger partial charge in [0.25, 0.3) is 5.56 Å². The number of benzene rings is 1. The highest BCUT2D eigenvalue weighted by molar-refractivity contribution is 5.71. The topological polar surface area (TPSA) is 131 Å². The van der Waals surface area contributed by atoms with Gasteiger partial charge in [-0.15, -0.1) is 0 Å². The highest BCUT2D eigenvalue weighted by atomic mass is 16.5. The van der Waals surface area contributed by atoms with Crippen LogP contribution in [-0.4, -0.2) is 53.0 Å². The summed E-state index contributed by atoms with van der Waals surface area (Å²) in [6, 6.07) is 11.2. The number of likely N-dealkylation sites (tertiary alicyclic amines) is 1. The maximum Gasteiger partial charge on any atom is 0.306 e. The number of aromatic nitrogens is 1. The van der Waals surface area contributed by atoms with Gasteiger partial charge in [-0.05, 0) is 36.1 Å². The second kappa shape index (κ2) is 10.4. The smallest absolute Gasteiger partial charge is 0.306 e. The molecule has 0 unspecified atom stereocenters. The van der Waals surface area contributed by atoms with E-state index in [1.54, 1.807) is 18.2 Å². The monoisotopic (exact) mass is 522 g/mol. The lowest BCUT2D eigenvalue weighted by Crippen LogP contribution is -2.46. The van der Waals surface area contributed by atoms with Crippen LogP contribution in [0.15, 0.2) is 56.5 Å². The fourth-order valence-electron chi connectivity index (χ4n) is 5.74. The molecule has 1 fully saturated rings. The third-order valence-electron chi connectivity index (χ3n) is 7.46. The summed E-state index contributed by atoms with van der Waals surface area (Å²) in [5.74, 6) is -1.14. The minimum Gasteiger partial charge on any atom is -0.504 e. The molecule has 0 amide bonds. The largest absolute Gasteiger partial charge is 0.504 e. The molecule has 2 aliphatic rings. The van der Waals surface area contributed by atoms with Crippen LogP contribution in [0.3, 0.4) is 0 Å². The van der Waals surface area contributed by atoms with Gasteiger partial charge in [-0.1, -0.05) is 12.1 Å². The first-order chi connectivity index (χ1) is 18.3. The van der Waals surface area contributed by atoms with Crippen molar-refractivity contribution in [3.63, 3.8) is 0 Å². The SMILES string of the molecule is COC(=O)C[C@@H](c1ccc(O)c(OC)c1)c1oc(CN2C[C@H]3C[C@@H](C2)c2cccc(=O)n2C3)cc(=O)c1O. The number of phenolic OH excluding ortho intramolecular Hbond substituents is 1. The summed E-state index contributed by atoms with van der Waals surface area (Å²) < 4.78 is 18.0. The van der Waals surface area contributed by atoms with Gasteiger partial charge in [0, 0.05) is 43.4 Å². The molecule has 2 N–H and O–H groups in total. The molecule has 38 heavy (non-hydrogen) atoms. The first kappa shape index (κ1) is 25.6. The van der Waals surface area contributed by atoms with Crippen molar-refractivity contribution < 1.29 is 28.9 Å². The van der Waals surface area contributed by atoms with Crippen molar-refractivity contribution >= 4 is 5.97 Å². The number of hydrogen-bond donors (Lipinski definition) is 2. The van der Waals surface area contributed by atoms with Gasteiger partial charge in [-0.25, -0.2) is 0 Å². The Kier molecular flexibility index (Phi) is 6.98. The zero-order valence-corrected chi connectivity index (χ0v) is 21.3. The van der Waals surface area contributed by atoms with E-state index in [4.69, 9.17) is 13.9 Å². The molecule has 0 saturated carbocycles. The molecule has 3 aromatic rings. The number of piperidine rings is 1. The van der Waals surface area contributed by atoms with Gasteiger partial charge in [0.15, 0.2) is 17.3 Å². The number of esters is 1. The summed E-state index contributed by atoms with van der Waals surface area (Å²) in [5, 5.41) is 20.7. The number of carbonyl (C=O) groups excluding carboxylic acids is 1. The van der Waals surface area contributed by atoms with Crippen molar-refractivity contribution in [1.29, 1.82) is 0 Å². The summed E-state index contributed by atoms with van der Waals surface area (Å²) in [6.45, 7) is 2.41. The van der Waals surface area contributed by atoms with E-state index in [9.17, 15) is 24.6 Å². The van der Waals surface area contributed by atoms with Crippen molar-refractivity contribution in [2.45, 2.75) is 37.8 Å². The Balaban J connectivity index is 1.47. The molecule has 5 rings (SSSR count). The van der Waals surface area contributed by atoms with Crippen LogP contribution in [0, 0.1) is 5.92 Å². The van der Waals surface area contributed by atoms with Crippen LogP contribution in [-0.2, 0) is 22.6 Å². The van der Waals surface area contributed by atoms with Crippen LogP contribution >= 0.6 is 0 Å². The molecule has 0 radical (unpaired) electrons. The predicted molar refractivity (Wildman–Crippen MR) is 137 cm³/mol. The van der Waals surface area contributed by atoms with Crippen molar-refractivity contribution in [3.05, 3.63) is 85.8 Å². The second-order valence-corrected chi connectivity index (χ2v) is 9.95. The van der Waals surface area contributed by atoms with E-state index in [-0.39, 0.29) is 35.2 Å². The highest BCUT2D eigenvalue weighted by Gasteiger charge is 2.35. The van der Waals surface area contributed by atoms with E-state index < -0.39 is 23.1 Å². The first-order valence-corrected chi connectivity index (χ1v) is 12.5. The zero-order valence-electron chi connectivity index (χ0n) is 21.3. The molecule has 10 nitrogen and oxygen atoms in total. The fraction of sp³-hybridized carbons (Fsp3) is 0.393. The Bertz CT molecular complexity index is 1480. The van der Waals surface area contributed by atoms with E-state index >= 15 is 0 Å². The molecule has 10 heteroatoms. The minimum atomic E-state index is -0.857. The minimum absolute atomic E-state index is 0.0160. The van der Waals surface area contributed by atoms with Gasteiger partial charge in [-0.2, -0.15) is 0 Å². The zero-order chi connectivity index (χ0) is 27.0. The third kappa shape index (κ3) is 4.91. The number of ether oxygens (including phenoxy) is 2. The highest BCUT2D eigenvalue weighted by Crippen LogP contribution is 2.39. The summed E-state index contributed by atoms with van der Waals surface area (Å²) in [5.41, 5.74) is 0.916. The number of fused-ring (bicyclic) bond motifs is 4. The van der Waals surface area contributed by atoms with Crippen molar-refractivity contribution in [2.75, 3.05) is 27.3 Å². The number of nitrogens with zero attached hydrogens (tertiary/aromatic N) is 2. The number of rotatable bonds is 7. The van der Waals surface area contributed by atoms with Crippen LogP contribution in [0.1, 0.15) is 47.5 Å². The third-order valence-corrected chi connectivity index (χ3v) is 7.46. The van der Waals surface area contributed by atoms with Crippen LogP contribution in [0.25, 0.3) is 0 Å². The van der Waals surface area contributed by atoms with Gasteiger partial charge in [0.05, 0.1) is 33.1 Å². The molecular weight excluding hydrogens is 492 g/mol. The molecule has 200 valence electrons. The van der Waals surface area contributed by atoms with Crippen LogP contribution < -0.4 is 15.7 Å². The van der Waals surface area contributed by atoms with Gasteiger partial charge in [-0.3, -0.25) is 19.3 Å². The summed E-state index contributed by atoms with van der Waals surface area (Å²) in [6.07, 6.45) is 0.790. The average Bonchev–Trinajstić information content (AvgIpc) is 2.90. The van der Waals surface area contributed by atoms with Gasteiger partial charge in [0.1, 0.15) is 5.76 Å². The van der Waals surface area contributed by atoms with Crippen LogP contribution in [0.2, 0.25) is 0 Å². The predicted octanol–water partition coefficient (Wildman–Crippen LogP) is 2.54. The molecule has 1 saturated heterocycles. The van der Waals surface area contributed by atoms with Crippen molar-refractivity contribution in [1.82, 2.24) is 9.47 Å². The molecule has 0 aliphatic carbocycles. The molecule has 1 aromatic carbocycles. The Morgan fingerprint density at radius 3 is 2.68 bits per heavy atom. The normalized spacial score (nSPS) is 19.4. The second-order valence-electron chi connectivity index (χ2n) is 9.95. The molecule has 2 aromatic heterocycles. The Hall–Kier alpha value is -4.05. The Labute approximate surface area is 218 Å². The fourth-order valence-corrected chi connectivity index (χ4v) is 5.74. The van der Waals surface area contributed by atoms with E-state index in [0.717, 1.165) is 18.7 Å². The average molecular weight is 523 g/mol. The van der Waals surface area contributed by atoms with E-state index in [2.05, 4.69) is 4.90 Å². The van der Waals surface area contributed by atoms with E-state index in [1.165, 1.54) is 32.4 Å². The van der Waals surface area contributed by atoms with Crippen LogP contribution in [0.4, 0.5) is 0 Å². The van der Waals surface area contributed by atoms with E-state index in [0.29, 0.717) is 36.9 Å². The molecule has 0 spiro atoms. The molecule has 2 aliphatic heterocycles. The number of pyridine rings is 1. The number of methoxy groups -OCH3 is 2. The van der Waals surface area contributed by atoms with Crippen molar-refractivity contribution in [2.24, 2.45) is 5.92 Å². The Morgan fingerprint density at radius 1 is 1.11 bits per heavy atom. The molecule has 2 bridgehead atoms. The molecule has 4 heterocycles. The van der Waals surface area contributed by atoms with E-state index in [1.807, 2.05) is 10.6 Å². The standard InChI is InChI=1S/C28H30N2O8/c1-36-24-9-17(6-7-22(24)31)20(11-26(34)37-2)28-27(35)23(32)10-19(38-28)15-29-12-16-8-18(14-29)21-4-3-5-25(33)30(21)13-16/h3-7,9-10,16,18,20,31,35H,8,11-15H2,1-2H3/t16-,18+,20+/m1/s1. The Morgan fingerprint density at radius 2 is 1.92 bits per heavy atom. The number of aromatic hydroxyl groups is 2. The summed E-state index contributed by atoms with van der Waals surface area (Å²) in [4.78, 5) is 39.6. The quantitative estimate of drug-likeness (QED) is 0.449. The summed E-state index contributed by atoms with van der Waals surface area (Å²) >= 11 is 0. The maximum atomic E-state index is 12.8. The lowest BCUT2D eigenvalue weighted by Gasteiger charge is -2.42. The van der Waals surface area contributed by atoms with Crippen molar-refractivity contribution in [3.8, 4) is 17.2 Å². The molecule has 3 atom stereocenters. The number of carbonyl (C=O) groups is 1. The lowest BCUT2D eigenvalue weighted by molar-refractivity contribution is -0.140. The number of phenols is 1. The van der Waals surface area contributed by atoms with Gasteiger partial charge in [0.2, 0.25) is 11.2 Å². The van der Waals surface area contributed by atoms with Gasteiger partial charge >= 0.3 is 5.97 Å².